The number of hydrogen-bond donors (Lipinski definition) is 1. The quantitative estimate of drug-likeness (QED) is 0.752. The van der Waals surface area contributed by atoms with E-state index in [1.807, 2.05) is 23.7 Å². The van der Waals surface area contributed by atoms with Crippen molar-refractivity contribution >= 4 is 17.7 Å². The zero-order valence-electron chi connectivity index (χ0n) is 10.1. The van der Waals surface area contributed by atoms with E-state index in [9.17, 15) is 4.79 Å². The highest BCUT2D eigenvalue weighted by Crippen LogP contribution is 2.17. The normalized spacial score (nSPS) is 28.2. The first-order valence-electron chi connectivity index (χ1n) is 5.95. The van der Waals surface area contributed by atoms with Crippen molar-refractivity contribution in [2.24, 2.45) is 0 Å². The van der Waals surface area contributed by atoms with Gasteiger partial charge in [-0.15, -0.1) is 11.8 Å². The lowest BCUT2D eigenvalue weighted by Gasteiger charge is -2.36. The molecule has 2 aliphatic heterocycles. The fourth-order valence-corrected chi connectivity index (χ4v) is 3.29. The Bertz CT molecular complexity index is 248. The number of carbonyl (C=O) groups excluding carboxylic acids is 1. The number of hydrogen-bond acceptors (Lipinski definition) is 4. The van der Waals surface area contributed by atoms with Gasteiger partial charge >= 0.3 is 0 Å². The second-order valence-corrected chi connectivity index (χ2v) is 5.79. The Balaban J connectivity index is 1.86. The summed E-state index contributed by atoms with van der Waals surface area (Å²) in [5.74, 6) is 2.12. The van der Waals surface area contributed by atoms with E-state index >= 15 is 0 Å². The zero-order chi connectivity index (χ0) is 11.5. The van der Waals surface area contributed by atoms with Crippen molar-refractivity contribution in [3.05, 3.63) is 0 Å². The van der Waals surface area contributed by atoms with Crippen LogP contribution in [-0.2, 0) is 4.79 Å². The Morgan fingerprint density at radius 3 is 2.69 bits per heavy atom. The van der Waals surface area contributed by atoms with Gasteiger partial charge < -0.3 is 9.80 Å². The average molecular weight is 243 g/mol. The van der Waals surface area contributed by atoms with Crippen molar-refractivity contribution in [3.8, 4) is 0 Å². The van der Waals surface area contributed by atoms with Crippen molar-refractivity contribution in [2.75, 3.05) is 38.8 Å². The Labute approximate surface area is 102 Å². The predicted octanol–water partition coefficient (Wildman–Crippen LogP) is 0.202. The molecule has 0 aromatic rings. The van der Waals surface area contributed by atoms with Crippen molar-refractivity contribution in [1.29, 1.82) is 0 Å². The van der Waals surface area contributed by atoms with Crippen LogP contribution in [-0.4, -0.2) is 66.6 Å². The van der Waals surface area contributed by atoms with Crippen LogP contribution in [0.5, 0.6) is 0 Å². The molecule has 16 heavy (non-hydrogen) atoms. The number of nitrogens with zero attached hydrogens (tertiary/aromatic N) is 2. The molecule has 0 aromatic carbocycles. The summed E-state index contributed by atoms with van der Waals surface area (Å²) in [7, 11) is 4.11. The lowest BCUT2D eigenvalue weighted by atomic mass is 10.0. The number of thioether (sulfide) groups is 1. The number of amides is 1. The van der Waals surface area contributed by atoms with Gasteiger partial charge in [0.2, 0.25) is 5.91 Å². The van der Waals surface area contributed by atoms with Crippen molar-refractivity contribution in [1.82, 2.24) is 15.1 Å². The van der Waals surface area contributed by atoms with Gasteiger partial charge in [0.1, 0.15) is 0 Å². The lowest BCUT2D eigenvalue weighted by Crippen LogP contribution is -2.50. The highest BCUT2D eigenvalue weighted by Gasteiger charge is 2.30. The van der Waals surface area contributed by atoms with Crippen molar-refractivity contribution < 1.29 is 4.79 Å². The smallest absolute Gasteiger partial charge is 0.240 e. The second-order valence-electron chi connectivity index (χ2n) is 4.76. The van der Waals surface area contributed by atoms with Crippen LogP contribution in [0.1, 0.15) is 12.8 Å². The van der Waals surface area contributed by atoms with E-state index in [0.717, 1.165) is 37.6 Å². The van der Waals surface area contributed by atoms with Gasteiger partial charge in [-0.25, -0.2) is 0 Å². The van der Waals surface area contributed by atoms with Crippen LogP contribution in [0.4, 0.5) is 0 Å². The van der Waals surface area contributed by atoms with Gasteiger partial charge in [-0.3, -0.25) is 10.1 Å². The molecule has 1 amide bonds. The number of carbonyl (C=O) groups is 1. The molecule has 0 saturated carbocycles. The van der Waals surface area contributed by atoms with E-state index in [1.54, 1.807) is 0 Å². The minimum Gasteiger partial charge on any atom is -0.341 e. The van der Waals surface area contributed by atoms with Crippen molar-refractivity contribution in [2.45, 2.75) is 24.9 Å². The molecule has 1 unspecified atom stereocenters. The standard InChI is InChI=1S/C11H21N3OS/c1-13-5-3-9(4-6-13)14(2)11(15)10-7-16-8-12-10/h9-10,12H,3-8H2,1-2H3. The van der Waals surface area contributed by atoms with E-state index in [-0.39, 0.29) is 11.9 Å². The van der Waals surface area contributed by atoms with Crippen LogP contribution in [0.3, 0.4) is 0 Å². The zero-order valence-corrected chi connectivity index (χ0v) is 10.9. The summed E-state index contributed by atoms with van der Waals surface area (Å²) in [4.78, 5) is 16.5. The van der Waals surface area contributed by atoms with Gasteiger partial charge in [-0.05, 0) is 33.0 Å². The second kappa shape index (κ2) is 5.38. The summed E-state index contributed by atoms with van der Waals surface area (Å²) in [6.07, 6.45) is 2.22. The van der Waals surface area contributed by atoms with Gasteiger partial charge in [0.25, 0.3) is 0 Å². The molecule has 1 atom stereocenters. The molecule has 0 radical (unpaired) electrons. The molecule has 4 nitrogen and oxygen atoms in total. The number of likely N-dealkylation sites (N-methyl/N-ethyl adjacent to an activating group) is 1. The van der Waals surface area contributed by atoms with Crippen LogP contribution >= 0.6 is 11.8 Å². The third kappa shape index (κ3) is 2.70. The van der Waals surface area contributed by atoms with Crippen LogP contribution < -0.4 is 5.32 Å². The molecule has 2 heterocycles. The Morgan fingerprint density at radius 1 is 1.44 bits per heavy atom. The number of piperidine rings is 1. The van der Waals surface area contributed by atoms with Gasteiger partial charge in [-0.1, -0.05) is 0 Å². The first kappa shape index (κ1) is 12.2. The molecule has 92 valence electrons. The van der Waals surface area contributed by atoms with E-state index in [2.05, 4.69) is 17.3 Å². The van der Waals surface area contributed by atoms with Gasteiger partial charge in [0, 0.05) is 24.7 Å². The first-order valence-corrected chi connectivity index (χ1v) is 7.10. The molecule has 0 aromatic heterocycles. The highest BCUT2D eigenvalue weighted by atomic mass is 32.2. The third-order valence-corrected chi connectivity index (χ3v) is 4.54. The molecule has 2 rings (SSSR count). The molecule has 2 saturated heterocycles. The van der Waals surface area contributed by atoms with Crippen molar-refractivity contribution in [3.63, 3.8) is 0 Å². The Hall–Kier alpha value is -0.260. The largest absolute Gasteiger partial charge is 0.341 e. The molecule has 0 bridgehead atoms. The third-order valence-electron chi connectivity index (χ3n) is 3.60. The monoisotopic (exact) mass is 243 g/mol. The van der Waals surface area contributed by atoms with E-state index < -0.39 is 0 Å². The first-order chi connectivity index (χ1) is 7.68. The summed E-state index contributed by atoms with van der Waals surface area (Å²) >= 11 is 1.81. The number of rotatable bonds is 2. The molecule has 2 aliphatic rings. The SMILES string of the molecule is CN1CCC(N(C)C(=O)C2CSCN2)CC1. The average Bonchev–Trinajstić information content (AvgIpc) is 2.81. The van der Waals surface area contributed by atoms with E-state index in [4.69, 9.17) is 0 Å². The fraction of sp³-hybridized carbons (Fsp3) is 0.909. The maximum atomic E-state index is 12.2. The molecule has 5 heteroatoms. The molecule has 2 fully saturated rings. The topological polar surface area (TPSA) is 35.6 Å². The number of nitrogens with one attached hydrogen (secondary N) is 1. The lowest BCUT2D eigenvalue weighted by molar-refractivity contribution is -0.134. The maximum absolute atomic E-state index is 12.2. The summed E-state index contributed by atoms with van der Waals surface area (Å²) < 4.78 is 0. The van der Waals surface area contributed by atoms with Crippen LogP contribution in [0, 0.1) is 0 Å². The predicted molar refractivity (Wildman–Crippen MR) is 67.5 cm³/mol. The minimum absolute atomic E-state index is 0.0506. The van der Waals surface area contributed by atoms with Crippen LogP contribution in [0.2, 0.25) is 0 Å². The van der Waals surface area contributed by atoms with E-state index in [0.29, 0.717) is 6.04 Å². The molecular weight excluding hydrogens is 222 g/mol. The maximum Gasteiger partial charge on any atom is 0.240 e. The minimum atomic E-state index is 0.0506. The summed E-state index contributed by atoms with van der Waals surface area (Å²) in [6.45, 7) is 2.21. The molecule has 0 spiro atoms. The van der Waals surface area contributed by atoms with Gasteiger partial charge in [0.15, 0.2) is 0 Å². The number of likely N-dealkylation sites (tertiary alicyclic amines) is 1. The molecular formula is C11H21N3OS. The molecule has 0 aliphatic carbocycles. The fourth-order valence-electron chi connectivity index (χ4n) is 2.36. The molecule has 1 N–H and O–H groups in total. The highest BCUT2D eigenvalue weighted by molar-refractivity contribution is 7.99. The van der Waals surface area contributed by atoms with Gasteiger partial charge in [-0.2, -0.15) is 0 Å². The van der Waals surface area contributed by atoms with Crippen LogP contribution in [0.25, 0.3) is 0 Å². The Kier molecular flexibility index (Phi) is 4.10. The summed E-state index contributed by atoms with van der Waals surface area (Å²) in [5, 5.41) is 3.25. The van der Waals surface area contributed by atoms with Crippen LogP contribution in [0.15, 0.2) is 0 Å². The summed E-state index contributed by atoms with van der Waals surface area (Å²) in [6, 6.07) is 0.491. The Morgan fingerprint density at radius 2 is 2.12 bits per heavy atom. The van der Waals surface area contributed by atoms with E-state index in [1.165, 1.54) is 0 Å². The summed E-state index contributed by atoms with van der Waals surface area (Å²) in [5.41, 5.74) is 0. The van der Waals surface area contributed by atoms with Gasteiger partial charge in [0.05, 0.1) is 6.04 Å².